The lowest BCUT2D eigenvalue weighted by Gasteiger charge is -2.31. The number of rotatable bonds is 18. The van der Waals surface area contributed by atoms with Gasteiger partial charge in [0, 0.05) is 42.5 Å². The van der Waals surface area contributed by atoms with Gasteiger partial charge in [0.25, 0.3) is 0 Å². The van der Waals surface area contributed by atoms with Gasteiger partial charge < -0.3 is 70.8 Å². The van der Waals surface area contributed by atoms with Gasteiger partial charge in [-0.2, -0.15) is 0 Å². The van der Waals surface area contributed by atoms with Crippen LogP contribution in [0.15, 0.2) is 101 Å². The van der Waals surface area contributed by atoms with Gasteiger partial charge in [0.1, 0.15) is 0 Å². The van der Waals surface area contributed by atoms with Gasteiger partial charge in [-0.25, -0.2) is 33.6 Å². The van der Waals surface area contributed by atoms with E-state index in [4.69, 9.17) is 66.0 Å². The molecule has 0 aromatic heterocycles. The fourth-order valence-corrected chi connectivity index (χ4v) is 1.19. The zero-order valence-electron chi connectivity index (χ0n) is 29.5. The number of esters is 1. The molecule has 21 nitrogen and oxygen atoms in total. The molecule has 21 heteroatoms. The number of aliphatic carboxylic acids is 6. The lowest BCUT2D eigenvalue weighted by atomic mass is 9.91. The monoisotopic (exact) mass is 784 g/mol. The summed E-state index contributed by atoms with van der Waals surface area (Å²) in [6.45, 7) is 21.1. The first kappa shape index (κ1) is 66.2. The molecule has 0 saturated carbocycles. The second kappa shape index (κ2) is 49.0. The molecule has 0 radical (unpaired) electrons. The smallest absolute Gasteiger partial charge is 0.334 e. The molecule has 310 valence electrons. The number of aliphatic hydroxyl groups is 6. The third-order valence-electron chi connectivity index (χ3n) is 4.24. The average Bonchev–Trinajstić information content (AvgIpc) is 3.17. The molecule has 0 aromatic rings. The molecule has 0 aliphatic heterocycles. The second-order valence-electron chi connectivity index (χ2n) is 8.50. The van der Waals surface area contributed by atoms with Crippen molar-refractivity contribution in [2.24, 2.45) is 10.8 Å². The highest BCUT2D eigenvalue weighted by Crippen LogP contribution is 2.19. The Labute approximate surface area is 311 Å². The summed E-state index contributed by atoms with van der Waals surface area (Å²) in [6, 6.07) is 0. The van der Waals surface area contributed by atoms with E-state index >= 15 is 0 Å². The Bertz CT molecular complexity index is 957. The average molecular weight is 785 g/mol. The largest absolute Gasteiger partial charge is 0.478 e. The molecule has 0 bridgehead atoms. The maximum absolute atomic E-state index is 10.0. The van der Waals surface area contributed by atoms with Gasteiger partial charge >= 0.3 is 41.8 Å². The predicted molar refractivity (Wildman–Crippen MR) is 192 cm³/mol. The van der Waals surface area contributed by atoms with Crippen molar-refractivity contribution in [3.63, 3.8) is 0 Å². The first-order valence-corrected chi connectivity index (χ1v) is 13.8. The minimum atomic E-state index is -1.16. The standard InChI is InChI=1S/C10H22O7.C5H6O2.6C3H4O2/c11-1-9(2-12,3-13)7-17-8-10(4-14,5-15)6-16;1-3-5(6)7-4-2;6*1-2-3(4)5/h11-16H,1-8H2;3-4H,1-2H2;6*2H,1H2,(H,4,5). The van der Waals surface area contributed by atoms with Crippen molar-refractivity contribution in [3.8, 4) is 0 Å². The Balaban J connectivity index is -0.0000000805. The van der Waals surface area contributed by atoms with Gasteiger partial charge in [-0.15, -0.1) is 0 Å². The minimum Gasteiger partial charge on any atom is -0.478 e. The number of carbonyl (C=O) groups excluding carboxylic acids is 1. The highest BCUT2D eigenvalue weighted by molar-refractivity contribution is 5.81. The number of carbonyl (C=O) groups is 7. The number of carboxylic acid groups (broad SMARTS) is 6. The van der Waals surface area contributed by atoms with Crippen LogP contribution >= 0.6 is 0 Å². The molecule has 0 aromatic carbocycles. The molecule has 0 fully saturated rings. The Morgan fingerprint density at radius 3 is 0.630 bits per heavy atom. The van der Waals surface area contributed by atoms with E-state index in [1.54, 1.807) is 0 Å². The molecular formula is C33H52O21. The summed E-state index contributed by atoms with van der Waals surface area (Å²) in [7, 11) is 0. The number of aliphatic hydroxyl groups excluding tert-OH is 6. The van der Waals surface area contributed by atoms with Crippen LogP contribution < -0.4 is 0 Å². The maximum Gasteiger partial charge on any atom is 0.334 e. The Morgan fingerprint density at radius 2 is 0.556 bits per heavy atom. The predicted octanol–water partition coefficient (Wildman–Crippen LogP) is -0.669. The maximum atomic E-state index is 10.0. The Morgan fingerprint density at radius 1 is 0.389 bits per heavy atom. The van der Waals surface area contributed by atoms with Gasteiger partial charge in [0.2, 0.25) is 0 Å². The van der Waals surface area contributed by atoms with Crippen molar-refractivity contribution < 1.29 is 104 Å². The van der Waals surface area contributed by atoms with E-state index in [2.05, 4.69) is 57.4 Å². The summed E-state index contributed by atoms with van der Waals surface area (Å²) < 4.78 is 9.35. The lowest BCUT2D eigenvalue weighted by Crippen LogP contribution is -2.43. The van der Waals surface area contributed by atoms with Gasteiger partial charge in [-0.3, -0.25) is 0 Å². The van der Waals surface area contributed by atoms with Gasteiger partial charge in [0.15, 0.2) is 0 Å². The quantitative estimate of drug-likeness (QED) is 0.0466. The van der Waals surface area contributed by atoms with Gasteiger partial charge in [-0.05, 0) is 0 Å². The highest BCUT2D eigenvalue weighted by Gasteiger charge is 2.32. The zero-order chi connectivity index (χ0) is 44.8. The minimum absolute atomic E-state index is 0.141. The van der Waals surface area contributed by atoms with Gasteiger partial charge in [-0.1, -0.05) is 52.6 Å². The van der Waals surface area contributed by atoms with Crippen molar-refractivity contribution in [2.45, 2.75) is 0 Å². The Kier molecular flexibility index (Phi) is 60.1. The fourth-order valence-electron chi connectivity index (χ4n) is 1.19. The van der Waals surface area contributed by atoms with Crippen LogP contribution in [-0.2, 0) is 43.0 Å². The van der Waals surface area contributed by atoms with Crippen molar-refractivity contribution in [1.82, 2.24) is 0 Å². The summed E-state index contributed by atoms with van der Waals surface area (Å²) in [5.74, 6) is -6.37. The number of carboxylic acids is 6. The molecule has 0 heterocycles. The number of hydrogen-bond acceptors (Lipinski definition) is 15. The van der Waals surface area contributed by atoms with E-state index < -0.39 is 92.3 Å². The highest BCUT2D eigenvalue weighted by atomic mass is 16.5. The van der Waals surface area contributed by atoms with Crippen molar-refractivity contribution >= 4 is 41.8 Å². The third kappa shape index (κ3) is 68.0. The molecule has 0 atom stereocenters. The SMILES string of the molecule is C=CC(=O)O.C=CC(=O)O.C=CC(=O)O.C=CC(=O)O.C=CC(=O)O.C=CC(=O)O.C=COC(=O)C=C.OCC(CO)(CO)COCC(CO)(CO)CO. The van der Waals surface area contributed by atoms with Crippen molar-refractivity contribution in [1.29, 1.82) is 0 Å². The molecule has 0 saturated heterocycles. The third-order valence-corrected chi connectivity index (χ3v) is 4.24. The molecule has 12 N–H and O–H groups in total. The summed E-state index contributed by atoms with van der Waals surface area (Å²) >= 11 is 0. The number of ether oxygens (including phenoxy) is 2. The summed E-state index contributed by atoms with van der Waals surface area (Å²) in [5.41, 5.74) is -2.32. The van der Waals surface area contributed by atoms with E-state index in [1.807, 2.05) is 0 Å². The fraction of sp³-hybridized carbons (Fsp3) is 0.303. The van der Waals surface area contributed by atoms with Gasteiger partial charge in [0.05, 0.1) is 69.9 Å². The second-order valence-corrected chi connectivity index (χ2v) is 8.50. The molecule has 0 rings (SSSR count). The van der Waals surface area contributed by atoms with Crippen LogP contribution in [0.4, 0.5) is 0 Å². The van der Waals surface area contributed by atoms with E-state index in [0.717, 1.165) is 48.8 Å². The summed E-state index contributed by atoms with van der Waals surface area (Å²) in [5, 5.41) is 99.8. The summed E-state index contributed by atoms with van der Waals surface area (Å²) in [4.78, 5) is 65.5. The molecule has 0 aliphatic carbocycles. The molecule has 0 unspecified atom stereocenters. The lowest BCUT2D eigenvalue weighted by molar-refractivity contribution is -0.133. The molecule has 0 amide bonds. The van der Waals surface area contributed by atoms with E-state index in [-0.39, 0.29) is 13.2 Å². The first-order valence-electron chi connectivity index (χ1n) is 13.8. The van der Waals surface area contributed by atoms with Crippen molar-refractivity contribution in [3.05, 3.63) is 101 Å². The van der Waals surface area contributed by atoms with E-state index in [9.17, 15) is 33.6 Å². The molecule has 0 spiro atoms. The molecule has 0 aliphatic rings. The molecule has 54 heavy (non-hydrogen) atoms. The Hall–Kier alpha value is -6.07. The van der Waals surface area contributed by atoms with Crippen LogP contribution in [0, 0.1) is 10.8 Å². The van der Waals surface area contributed by atoms with Crippen LogP contribution in [0.1, 0.15) is 0 Å². The topological polar surface area (TPSA) is 381 Å². The normalized spacial score (nSPS) is 8.56. The summed E-state index contributed by atoms with van der Waals surface area (Å²) in [6.07, 6.45) is 7.13. The van der Waals surface area contributed by atoms with Crippen molar-refractivity contribution in [2.75, 3.05) is 52.9 Å². The zero-order valence-corrected chi connectivity index (χ0v) is 29.5. The van der Waals surface area contributed by atoms with E-state index in [1.165, 1.54) is 0 Å². The number of hydrogen-bond donors (Lipinski definition) is 12. The first-order chi connectivity index (χ1) is 25.0. The van der Waals surface area contributed by atoms with Crippen LogP contribution in [0.5, 0.6) is 0 Å². The van der Waals surface area contributed by atoms with Crippen LogP contribution in [0.25, 0.3) is 0 Å². The van der Waals surface area contributed by atoms with Crippen LogP contribution in [-0.4, -0.2) is 156 Å². The van der Waals surface area contributed by atoms with Crippen LogP contribution in [0.2, 0.25) is 0 Å². The van der Waals surface area contributed by atoms with Crippen LogP contribution in [0.3, 0.4) is 0 Å². The molecular weight excluding hydrogens is 732 g/mol. The van der Waals surface area contributed by atoms with E-state index in [0.29, 0.717) is 0 Å².